The van der Waals surface area contributed by atoms with E-state index in [2.05, 4.69) is 15.9 Å². The van der Waals surface area contributed by atoms with E-state index in [1.807, 2.05) is 0 Å². The Morgan fingerprint density at radius 1 is 1.31 bits per heavy atom. The molecule has 1 fully saturated rings. The van der Waals surface area contributed by atoms with Gasteiger partial charge in [0.2, 0.25) is 0 Å². The van der Waals surface area contributed by atoms with Crippen LogP contribution in [0.4, 0.5) is 13.2 Å². The molecular formula is C8H12BrF3O. The summed E-state index contributed by atoms with van der Waals surface area (Å²) in [6, 6.07) is 0. The number of hydrogen-bond acceptors (Lipinski definition) is 1. The molecule has 0 saturated heterocycles. The topological polar surface area (TPSA) is 9.23 Å². The number of halogens is 4. The number of alkyl halides is 4. The van der Waals surface area contributed by atoms with Crippen molar-refractivity contribution < 1.29 is 17.9 Å². The highest BCUT2D eigenvalue weighted by molar-refractivity contribution is 9.09. The maximum atomic E-state index is 11.7. The number of rotatable bonds is 5. The Labute approximate surface area is 83.8 Å². The highest BCUT2D eigenvalue weighted by atomic mass is 79.9. The summed E-state index contributed by atoms with van der Waals surface area (Å²) in [4.78, 5) is 0. The number of hydrogen-bond donors (Lipinski definition) is 0. The fourth-order valence-corrected chi connectivity index (χ4v) is 1.69. The zero-order chi connectivity index (χ0) is 9.95. The van der Waals surface area contributed by atoms with Crippen LogP contribution in [-0.2, 0) is 4.74 Å². The summed E-state index contributed by atoms with van der Waals surface area (Å²) >= 11 is 3.32. The van der Waals surface area contributed by atoms with E-state index in [1.165, 1.54) is 0 Å². The van der Waals surface area contributed by atoms with E-state index in [-0.39, 0.29) is 12.0 Å². The third-order valence-electron chi connectivity index (χ3n) is 2.18. The highest BCUT2D eigenvalue weighted by Crippen LogP contribution is 2.47. The predicted molar refractivity (Wildman–Crippen MR) is 47.0 cm³/mol. The Morgan fingerprint density at radius 2 is 1.92 bits per heavy atom. The van der Waals surface area contributed by atoms with Gasteiger partial charge in [-0.2, -0.15) is 13.2 Å². The van der Waals surface area contributed by atoms with Crippen LogP contribution in [0.5, 0.6) is 0 Å². The maximum Gasteiger partial charge on any atom is 0.391 e. The molecule has 0 atom stereocenters. The Kier molecular flexibility index (Phi) is 3.63. The van der Waals surface area contributed by atoms with Crippen molar-refractivity contribution in [1.29, 1.82) is 0 Å². The average molecular weight is 261 g/mol. The van der Waals surface area contributed by atoms with Crippen LogP contribution in [0.2, 0.25) is 0 Å². The summed E-state index contributed by atoms with van der Waals surface area (Å²) in [5.41, 5.74) is 0.144. The standard InChI is InChI=1S/C8H12BrF3O/c9-5-7(1-2-7)6-13-4-3-8(10,11)12/h1-6H2. The van der Waals surface area contributed by atoms with Crippen molar-refractivity contribution in [2.75, 3.05) is 18.5 Å². The van der Waals surface area contributed by atoms with Crippen LogP contribution in [-0.4, -0.2) is 24.7 Å². The van der Waals surface area contributed by atoms with Crippen molar-refractivity contribution in [2.45, 2.75) is 25.4 Å². The zero-order valence-electron chi connectivity index (χ0n) is 7.16. The first-order chi connectivity index (χ1) is 5.97. The second-order valence-corrected chi connectivity index (χ2v) is 4.11. The van der Waals surface area contributed by atoms with Gasteiger partial charge in [0.1, 0.15) is 0 Å². The van der Waals surface area contributed by atoms with Crippen molar-refractivity contribution >= 4 is 15.9 Å². The van der Waals surface area contributed by atoms with Gasteiger partial charge in [0.25, 0.3) is 0 Å². The summed E-state index contributed by atoms with van der Waals surface area (Å²) in [6.45, 7) is 0.243. The van der Waals surface area contributed by atoms with Gasteiger partial charge in [0, 0.05) is 10.7 Å². The van der Waals surface area contributed by atoms with Crippen LogP contribution >= 0.6 is 15.9 Å². The van der Waals surface area contributed by atoms with E-state index in [0.717, 1.165) is 18.2 Å². The van der Waals surface area contributed by atoms with E-state index in [0.29, 0.717) is 6.61 Å². The van der Waals surface area contributed by atoms with Gasteiger partial charge in [-0.15, -0.1) is 0 Å². The van der Waals surface area contributed by atoms with E-state index in [9.17, 15) is 13.2 Å². The van der Waals surface area contributed by atoms with Gasteiger partial charge in [-0.1, -0.05) is 15.9 Å². The van der Waals surface area contributed by atoms with Crippen LogP contribution in [0.1, 0.15) is 19.3 Å². The Balaban J connectivity index is 2.02. The second kappa shape index (κ2) is 4.17. The quantitative estimate of drug-likeness (QED) is 0.545. The van der Waals surface area contributed by atoms with Gasteiger partial charge in [-0.3, -0.25) is 0 Å². The Bertz CT molecular complexity index is 165. The van der Waals surface area contributed by atoms with Gasteiger partial charge in [0.15, 0.2) is 0 Å². The van der Waals surface area contributed by atoms with Crippen LogP contribution in [0.3, 0.4) is 0 Å². The minimum absolute atomic E-state index is 0.144. The molecular weight excluding hydrogens is 249 g/mol. The average Bonchev–Trinajstić information content (AvgIpc) is 2.78. The molecule has 1 rings (SSSR count). The van der Waals surface area contributed by atoms with Gasteiger partial charge in [0.05, 0.1) is 19.6 Å². The largest absolute Gasteiger partial charge is 0.391 e. The van der Waals surface area contributed by atoms with Crippen molar-refractivity contribution in [2.24, 2.45) is 5.41 Å². The molecule has 0 radical (unpaired) electrons. The lowest BCUT2D eigenvalue weighted by molar-refractivity contribution is -0.146. The van der Waals surface area contributed by atoms with Gasteiger partial charge < -0.3 is 4.74 Å². The molecule has 0 spiro atoms. The molecule has 78 valence electrons. The Hall–Kier alpha value is 0.230. The molecule has 1 aliphatic rings. The van der Waals surface area contributed by atoms with Crippen molar-refractivity contribution in [3.05, 3.63) is 0 Å². The molecule has 13 heavy (non-hydrogen) atoms. The SMILES string of the molecule is FC(F)(F)CCOCC1(CBr)CC1. The second-order valence-electron chi connectivity index (χ2n) is 3.55. The van der Waals surface area contributed by atoms with E-state index < -0.39 is 12.6 Å². The molecule has 1 saturated carbocycles. The van der Waals surface area contributed by atoms with Crippen LogP contribution in [0.15, 0.2) is 0 Å². The normalized spacial score (nSPS) is 20.3. The van der Waals surface area contributed by atoms with E-state index in [4.69, 9.17) is 4.74 Å². The lowest BCUT2D eigenvalue weighted by Gasteiger charge is -2.12. The highest BCUT2D eigenvalue weighted by Gasteiger charge is 2.41. The molecule has 0 aliphatic heterocycles. The first kappa shape index (κ1) is 11.3. The molecule has 0 heterocycles. The predicted octanol–water partition coefficient (Wildman–Crippen LogP) is 3.13. The van der Waals surface area contributed by atoms with Crippen LogP contribution < -0.4 is 0 Å². The summed E-state index contributed by atoms with van der Waals surface area (Å²) in [7, 11) is 0. The first-order valence-corrected chi connectivity index (χ1v) is 5.30. The van der Waals surface area contributed by atoms with E-state index in [1.54, 1.807) is 0 Å². The van der Waals surface area contributed by atoms with Crippen molar-refractivity contribution in [1.82, 2.24) is 0 Å². The molecule has 5 heteroatoms. The molecule has 0 aromatic carbocycles. The summed E-state index contributed by atoms with van der Waals surface area (Å²) in [6.07, 6.45) is -2.81. The zero-order valence-corrected chi connectivity index (χ0v) is 8.75. The fourth-order valence-electron chi connectivity index (χ4n) is 0.970. The molecule has 1 nitrogen and oxygen atoms in total. The van der Waals surface area contributed by atoms with Gasteiger partial charge >= 0.3 is 6.18 Å². The molecule has 0 bridgehead atoms. The van der Waals surface area contributed by atoms with Crippen LogP contribution in [0.25, 0.3) is 0 Å². The Morgan fingerprint density at radius 3 is 2.31 bits per heavy atom. The van der Waals surface area contributed by atoms with Gasteiger partial charge in [-0.05, 0) is 12.8 Å². The van der Waals surface area contributed by atoms with Crippen molar-refractivity contribution in [3.63, 3.8) is 0 Å². The molecule has 0 unspecified atom stereocenters. The molecule has 1 aliphatic carbocycles. The van der Waals surface area contributed by atoms with E-state index >= 15 is 0 Å². The minimum atomic E-state index is -4.09. The maximum absolute atomic E-state index is 11.7. The first-order valence-electron chi connectivity index (χ1n) is 4.18. The lowest BCUT2D eigenvalue weighted by Crippen LogP contribution is -2.16. The molecule has 0 N–H and O–H groups in total. The lowest BCUT2D eigenvalue weighted by atomic mass is 10.2. The third-order valence-corrected chi connectivity index (χ3v) is 3.37. The third kappa shape index (κ3) is 4.31. The summed E-state index contributed by atoms with van der Waals surface area (Å²) in [5, 5.41) is 0.825. The van der Waals surface area contributed by atoms with Gasteiger partial charge in [-0.25, -0.2) is 0 Å². The van der Waals surface area contributed by atoms with Crippen LogP contribution in [0, 0.1) is 5.41 Å². The number of ether oxygens (including phenoxy) is 1. The summed E-state index contributed by atoms with van der Waals surface area (Å²) < 4.78 is 40.0. The fraction of sp³-hybridized carbons (Fsp3) is 1.00. The van der Waals surface area contributed by atoms with Crippen molar-refractivity contribution in [3.8, 4) is 0 Å². The molecule has 0 aromatic rings. The molecule has 0 aromatic heterocycles. The molecule has 0 amide bonds. The monoisotopic (exact) mass is 260 g/mol. The minimum Gasteiger partial charge on any atom is -0.380 e. The smallest absolute Gasteiger partial charge is 0.380 e. The summed E-state index contributed by atoms with van der Waals surface area (Å²) in [5.74, 6) is 0.